The van der Waals surface area contributed by atoms with Crippen LogP contribution in [0.2, 0.25) is 5.02 Å². The van der Waals surface area contributed by atoms with Crippen molar-refractivity contribution in [1.82, 2.24) is 19.8 Å². The minimum absolute atomic E-state index is 0.102. The fourth-order valence-corrected chi connectivity index (χ4v) is 9.34. The number of benzene rings is 2. The fourth-order valence-electron chi connectivity index (χ4n) is 7.72. The van der Waals surface area contributed by atoms with Crippen molar-refractivity contribution in [3.8, 4) is 0 Å². The lowest BCUT2D eigenvalue weighted by Crippen LogP contribution is -2.58. The maximum absolute atomic E-state index is 14.6. The summed E-state index contributed by atoms with van der Waals surface area (Å²) in [7, 11) is -3.95. The normalized spacial score (nSPS) is 25.6. The molecule has 12 nitrogen and oxygen atoms in total. The van der Waals surface area contributed by atoms with E-state index in [1.165, 1.54) is 4.90 Å². The molecule has 2 aliphatic heterocycles. The molecule has 0 aromatic heterocycles. The van der Waals surface area contributed by atoms with Crippen LogP contribution in [0, 0.1) is 23.1 Å². The number of fused-ring (bicyclic) bond motifs is 1. The highest BCUT2D eigenvalue weighted by atomic mass is 35.5. The lowest BCUT2D eigenvalue weighted by atomic mass is 9.85. The van der Waals surface area contributed by atoms with E-state index in [0.717, 1.165) is 34.9 Å². The second kappa shape index (κ2) is 13.8. The summed E-state index contributed by atoms with van der Waals surface area (Å²) in [5.41, 5.74) is -2.57. The lowest BCUT2D eigenvalue weighted by molar-refractivity contribution is -0.141. The predicted molar refractivity (Wildman–Crippen MR) is 191 cm³/mol. The number of anilines is 1. The summed E-state index contributed by atoms with van der Waals surface area (Å²) < 4.78 is 88.8. The molecule has 5 atom stereocenters. The van der Waals surface area contributed by atoms with Gasteiger partial charge in [0.15, 0.2) is 0 Å². The molecule has 2 aromatic rings. The largest absolute Gasteiger partial charge is 0.444 e. The molecular formula is C37H42ClF4N5O7S. The fraction of sp³-hybridized carbons (Fsp3) is 0.568. The number of halogens is 5. The molecule has 5 unspecified atom stereocenters. The SMILES string of the molecule is CC(C)(C)C(Nc1cc(F)cc(C(F)(F)F)c1)C(=O)N1CC(OC(=O)N2Cc3cccc(Cl)c3C2)CC1C(=O)NC1(C(=O)NS(=O)(=O)C2CC2)CC1C1CC1. The first-order valence-electron chi connectivity index (χ1n) is 18.2. The van der Waals surface area contributed by atoms with Crippen LogP contribution >= 0.6 is 11.6 Å². The van der Waals surface area contributed by atoms with Crippen LogP contribution < -0.4 is 15.4 Å². The van der Waals surface area contributed by atoms with Gasteiger partial charge in [-0.25, -0.2) is 17.6 Å². The van der Waals surface area contributed by atoms with E-state index in [-0.39, 0.29) is 50.0 Å². The van der Waals surface area contributed by atoms with Crippen LogP contribution in [0.1, 0.15) is 76.0 Å². The number of carbonyl (C=O) groups is 4. The van der Waals surface area contributed by atoms with Crippen molar-refractivity contribution in [1.29, 1.82) is 0 Å². The molecule has 3 N–H and O–H groups in total. The van der Waals surface area contributed by atoms with Crippen LogP contribution in [0.5, 0.6) is 0 Å². The van der Waals surface area contributed by atoms with E-state index in [1.54, 1.807) is 32.9 Å². The lowest BCUT2D eigenvalue weighted by Gasteiger charge is -2.36. The maximum Gasteiger partial charge on any atom is 0.416 e. The molecule has 0 spiro atoms. The second-order valence-electron chi connectivity index (χ2n) is 16.4. The molecule has 0 bridgehead atoms. The number of amides is 4. The Balaban J connectivity index is 1.15. The number of hydrogen-bond acceptors (Lipinski definition) is 8. The minimum Gasteiger partial charge on any atom is -0.444 e. The van der Waals surface area contributed by atoms with Gasteiger partial charge in [0, 0.05) is 23.7 Å². The van der Waals surface area contributed by atoms with E-state index in [2.05, 4.69) is 15.4 Å². The number of carbonyl (C=O) groups excluding carboxylic acids is 4. The number of nitrogens with one attached hydrogen (secondary N) is 3. The minimum atomic E-state index is -4.88. The molecule has 4 fully saturated rings. The van der Waals surface area contributed by atoms with Gasteiger partial charge in [-0.2, -0.15) is 13.2 Å². The molecule has 2 aromatic carbocycles. The molecule has 55 heavy (non-hydrogen) atoms. The molecular weight excluding hydrogens is 770 g/mol. The van der Waals surface area contributed by atoms with Crippen LogP contribution in [0.3, 0.4) is 0 Å². The van der Waals surface area contributed by atoms with Crippen LogP contribution in [-0.4, -0.2) is 77.6 Å². The van der Waals surface area contributed by atoms with Crippen LogP contribution in [-0.2, 0) is 48.4 Å². The summed E-state index contributed by atoms with van der Waals surface area (Å²) in [6.07, 6.45) is -4.20. The van der Waals surface area contributed by atoms with Gasteiger partial charge in [0.05, 0.1) is 23.9 Å². The molecule has 1 saturated heterocycles. The highest BCUT2D eigenvalue weighted by molar-refractivity contribution is 7.91. The molecule has 3 aliphatic carbocycles. The molecule has 4 amide bonds. The summed E-state index contributed by atoms with van der Waals surface area (Å²) in [6, 6.07) is 4.46. The van der Waals surface area contributed by atoms with Crippen LogP contribution in [0.25, 0.3) is 0 Å². The summed E-state index contributed by atoms with van der Waals surface area (Å²) in [5, 5.41) is 5.33. The third-order valence-electron chi connectivity index (χ3n) is 11.1. The Morgan fingerprint density at radius 3 is 2.35 bits per heavy atom. The number of likely N-dealkylation sites (tertiary alicyclic amines) is 1. The van der Waals surface area contributed by atoms with Gasteiger partial charge in [-0.3, -0.25) is 24.0 Å². The van der Waals surface area contributed by atoms with Gasteiger partial charge in [0.2, 0.25) is 21.8 Å². The van der Waals surface area contributed by atoms with Crippen molar-refractivity contribution >= 4 is 51.1 Å². The van der Waals surface area contributed by atoms with Gasteiger partial charge >= 0.3 is 12.3 Å². The Hall–Kier alpha value is -4.12. The number of rotatable bonds is 10. The molecule has 0 radical (unpaired) electrons. The quantitative estimate of drug-likeness (QED) is 0.272. The van der Waals surface area contributed by atoms with Crippen molar-refractivity contribution in [2.24, 2.45) is 17.3 Å². The van der Waals surface area contributed by atoms with Gasteiger partial charge in [-0.15, -0.1) is 0 Å². The Kier molecular flexibility index (Phi) is 9.83. The van der Waals surface area contributed by atoms with Crippen LogP contribution in [0.4, 0.5) is 28.0 Å². The Morgan fingerprint density at radius 2 is 1.73 bits per heavy atom. The zero-order chi connectivity index (χ0) is 39.8. The Labute approximate surface area is 320 Å². The third-order valence-corrected chi connectivity index (χ3v) is 13.3. The van der Waals surface area contributed by atoms with E-state index in [9.17, 15) is 45.2 Å². The molecule has 298 valence electrons. The third kappa shape index (κ3) is 8.09. The number of sulfonamides is 1. The Bertz CT molecular complexity index is 2040. The van der Waals surface area contributed by atoms with Gasteiger partial charge in [-0.1, -0.05) is 44.5 Å². The van der Waals surface area contributed by atoms with E-state index >= 15 is 0 Å². The van der Waals surface area contributed by atoms with Gasteiger partial charge in [-0.05, 0) is 84.7 Å². The second-order valence-corrected chi connectivity index (χ2v) is 18.8. The average molecular weight is 812 g/mol. The molecule has 3 saturated carbocycles. The summed E-state index contributed by atoms with van der Waals surface area (Å²) in [6.45, 7) is 4.99. The number of ether oxygens (including phenoxy) is 1. The van der Waals surface area contributed by atoms with Crippen LogP contribution in [0.15, 0.2) is 36.4 Å². The van der Waals surface area contributed by atoms with Gasteiger partial charge in [0.25, 0.3) is 5.91 Å². The number of nitrogens with zero attached hydrogens (tertiary/aromatic N) is 2. The van der Waals surface area contributed by atoms with E-state index in [1.807, 2.05) is 6.07 Å². The standard InChI is InChI=1S/C37H42ClF4N5O7S/c1-35(2,3)30(43-23-12-21(37(40,41)42)11-22(39)13-23)32(49)47-17-24(54-34(51)46-16-20-5-4-6-28(38)26(20)18-46)14-29(47)31(48)44-36(15-27(36)19-7-8-19)33(50)45-55(52,53)25-9-10-25/h4-6,11-13,19,24-25,27,29-30,43H,7-10,14-18H2,1-3H3,(H,44,48)(H,45,50). The molecule has 5 aliphatic rings. The van der Waals surface area contributed by atoms with Gasteiger partial charge in [0.1, 0.15) is 29.5 Å². The topological polar surface area (TPSA) is 154 Å². The monoisotopic (exact) mass is 811 g/mol. The van der Waals surface area contributed by atoms with E-state index < -0.39 is 85.8 Å². The average Bonchev–Trinajstić information content (AvgIpc) is 4.01. The highest BCUT2D eigenvalue weighted by Gasteiger charge is 2.67. The smallest absolute Gasteiger partial charge is 0.416 e. The van der Waals surface area contributed by atoms with E-state index in [4.69, 9.17) is 16.3 Å². The molecule has 18 heteroatoms. The van der Waals surface area contributed by atoms with Gasteiger partial charge < -0.3 is 20.3 Å². The summed E-state index contributed by atoms with van der Waals surface area (Å²) in [5.74, 6) is -3.80. The van der Waals surface area contributed by atoms with Crippen molar-refractivity contribution < 1.29 is 49.9 Å². The summed E-state index contributed by atoms with van der Waals surface area (Å²) in [4.78, 5) is 58.6. The first-order valence-corrected chi connectivity index (χ1v) is 20.1. The van der Waals surface area contributed by atoms with E-state index in [0.29, 0.717) is 30.0 Å². The Morgan fingerprint density at radius 1 is 1.02 bits per heavy atom. The first-order chi connectivity index (χ1) is 25.7. The van der Waals surface area contributed by atoms with Crippen molar-refractivity contribution in [2.45, 2.75) is 108 Å². The highest BCUT2D eigenvalue weighted by Crippen LogP contribution is 2.57. The molecule has 2 heterocycles. The van der Waals surface area contributed by atoms with Crippen molar-refractivity contribution in [2.75, 3.05) is 11.9 Å². The zero-order valence-electron chi connectivity index (χ0n) is 30.3. The summed E-state index contributed by atoms with van der Waals surface area (Å²) >= 11 is 6.34. The number of hydrogen-bond donors (Lipinski definition) is 3. The molecule has 7 rings (SSSR count). The number of alkyl halides is 3. The zero-order valence-corrected chi connectivity index (χ0v) is 31.9. The predicted octanol–water partition coefficient (Wildman–Crippen LogP) is 5.34. The van der Waals surface area contributed by atoms with Crippen molar-refractivity contribution in [3.05, 3.63) is 63.9 Å². The first kappa shape index (κ1) is 39.1. The van der Waals surface area contributed by atoms with Crippen molar-refractivity contribution in [3.63, 3.8) is 0 Å². The maximum atomic E-state index is 14.6.